The predicted octanol–water partition coefficient (Wildman–Crippen LogP) is 2.68. The van der Waals surface area contributed by atoms with Crippen LogP contribution in [0.5, 0.6) is 0 Å². The number of anilines is 2. The molecule has 0 amide bonds. The van der Waals surface area contributed by atoms with Gasteiger partial charge >= 0.3 is 0 Å². The minimum absolute atomic E-state index is 0. The number of nitrogen functional groups attached to an aromatic ring is 2. The quantitative estimate of drug-likeness (QED) is 0.620. The van der Waals surface area contributed by atoms with Gasteiger partial charge in [0.15, 0.2) is 0 Å². The molecule has 0 fully saturated rings. The Morgan fingerprint density at radius 3 is 2.20 bits per heavy atom. The van der Waals surface area contributed by atoms with E-state index in [2.05, 4.69) is 0 Å². The van der Waals surface area contributed by atoms with Gasteiger partial charge in [-0.3, -0.25) is 0 Å². The Hall–Kier alpha value is -2.00. The van der Waals surface area contributed by atoms with Crippen LogP contribution in [-0.4, -0.2) is 0 Å². The molecular formula is C12H15N3. The summed E-state index contributed by atoms with van der Waals surface area (Å²) in [5.74, 6) is 0. The first kappa shape index (κ1) is 11.1. The van der Waals surface area contributed by atoms with Crippen molar-refractivity contribution in [2.75, 3.05) is 11.5 Å². The first-order chi connectivity index (χ1) is 6.77. The van der Waals surface area contributed by atoms with Crippen molar-refractivity contribution in [1.29, 1.82) is 0 Å². The minimum atomic E-state index is 0. The van der Waals surface area contributed by atoms with Crippen molar-refractivity contribution < 1.29 is 0 Å². The maximum atomic E-state index is 5.86. The molecule has 2 aromatic rings. The van der Waals surface area contributed by atoms with Crippen LogP contribution in [0.15, 0.2) is 48.5 Å². The van der Waals surface area contributed by atoms with Gasteiger partial charge in [0.1, 0.15) is 0 Å². The van der Waals surface area contributed by atoms with Gasteiger partial charge in [-0.25, -0.2) is 0 Å². The predicted molar refractivity (Wildman–Crippen MR) is 65.7 cm³/mol. The minimum Gasteiger partial charge on any atom is -0.399 e. The van der Waals surface area contributed by atoms with E-state index in [9.17, 15) is 0 Å². The fourth-order valence-electron chi connectivity index (χ4n) is 1.47. The zero-order valence-corrected chi connectivity index (χ0v) is 8.48. The fourth-order valence-corrected chi connectivity index (χ4v) is 1.47. The van der Waals surface area contributed by atoms with Crippen molar-refractivity contribution >= 4 is 11.4 Å². The highest BCUT2D eigenvalue weighted by Crippen LogP contribution is 2.26. The number of hydrogen-bond donors (Lipinski definition) is 3. The van der Waals surface area contributed by atoms with E-state index >= 15 is 0 Å². The lowest BCUT2D eigenvalue weighted by molar-refractivity contribution is 1.60. The summed E-state index contributed by atoms with van der Waals surface area (Å²) in [5.41, 5.74) is 15.2. The molecule has 0 aliphatic heterocycles. The molecule has 0 saturated heterocycles. The lowest BCUT2D eigenvalue weighted by Crippen LogP contribution is -1.90. The first-order valence-electron chi connectivity index (χ1n) is 4.48. The van der Waals surface area contributed by atoms with Crippen LogP contribution in [0, 0.1) is 0 Å². The van der Waals surface area contributed by atoms with Crippen molar-refractivity contribution in [3.8, 4) is 11.1 Å². The van der Waals surface area contributed by atoms with E-state index in [0.717, 1.165) is 22.5 Å². The second kappa shape index (κ2) is 4.48. The van der Waals surface area contributed by atoms with Gasteiger partial charge in [-0.2, -0.15) is 0 Å². The molecule has 2 aromatic carbocycles. The molecule has 0 spiro atoms. The van der Waals surface area contributed by atoms with Crippen molar-refractivity contribution in [3.05, 3.63) is 48.5 Å². The molecule has 0 aliphatic carbocycles. The molecule has 0 saturated carbocycles. The lowest BCUT2D eigenvalue weighted by Gasteiger charge is -2.05. The summed E-state index contributed by atoms with van der Waals surface area (Å²) in [6, 6.07) is 15.5. The van der Waals surface area contributed by atoms with Crippen molar-refractivity contribution in [2.45, 2.75) is 0 Å². The van der Waals surface area contributed by atoms with Crippen LogP contribution in [0.4, 0.5) is 11.4 Å². The van der Waals surface area contributed by atoms with Gasteiger partial charge in [0.2, 0.25) is 0 Å². The monoisotopic (exact) mass is 201 g/mol. The third kappa shape index (κ3) is 2.27. The topological polar surface area (TPSA) is 87.0 Å². The van der Waals surface area contributed by atoms with Crippen LogP contribution in [-0.2, 0) is 0 Å². The zero-order chi connectivity index (χ0) is 9.97. The fraction of sp³-hybridized carbons (Fsp3) is 0. The molecule has 0 atom stereocenters. The number of hydrogen-bond acceptors (Lipinski definition) is 3. The average Bonchev–Trinajstić information content (AvgIpc) is 2.18. The van der Waals surface area contributed by atoms with Crippen LogP contribution >= 0.6 is 0 Å². The Morgan fingerprint density at radius 1 is 0.800 bits per heavy atom. The van der Waals surface area contributed by atoms with Gasteiger partial charge in [0.25, 0.3) is 0 Å². The Kier molecular flexibility index (Phi) is 3.31. The van der Waals surface area contributed by atoms with E-state index in [1.807, 2.05) is 48.5 Å². The van der Waals surface area contributed by atoms with Gasteiger partial charge in [0.05, 0.1) is 0 Å². The van der Waals surface area contributed by atoms with Gasteiger partial charge in [0, 0.05) is 16.9 Å². The molecule has 2 rings (SSSR count). The van der Waals surface area contributed by atoms with Crippen LogP contribution in [0.1, 0.15) is 0 Å². The highest BCUT2D eigenvalue weighted by atomic mass is 14.6. The highest BCUT2D eigenvalue weighted by Gasteiger charge is 2.00. The summed E-state index contributed by atoms with van der Waals surface area (Å²) < 4.78 is 0. The number of para-hydroxylation sites is 1. The van der Waals surface area contributed by atoms with Gasteiger partial charge in [-0.15, -0.1) is 0 Å². The molecule has 0 bridgehead atoms. The molecule has 0 unspecified atom stereocenters. The summed E-state index contributed by atoms with van der Waals surface area (Å²) in [7, 11) is 0. The SMILES string of the molecule is N.Nc1cccc(-c2ccccc2N)c1. The molecule has 0 aromatic heterocycles. The molecule has 3 heteroatoms. The van der Waals surface area contributed by atoms with Crippen molar-refractivity contribution in [2.24, 2.45) is 0 Å². The van der Waals surface area contributed by atoms with Crippen molar-refractivity contribution in [3.63, 3.8) is 0 Å². The summed E-state index contributed by atoms with van der Waals surface area (Å²) in [6.07, 6.45) is 0. The maximum Gasteiger partial charge on any atom is 0.0393 e. The Balaban J connectivity index is 0.00000112. The Bertz CT molecular complexity index is 452. The van der Waals surface area contributed by atoms with Gasteiger partial charge in [-0.05, 0) is 23.8 Å². The highest BCUT2D eigenvalue weighted by molar-refractivity contribution is 5.77. The van der Waals surface area contributed by atoms with Crippen LogP contribution in [0.25, 0.3) is 11.1 Å². The standard InChI is InChI=1S/C12H12N2.H3N/c13-10-5-3-4-9(8-10)11-6-1-2-7-12(11)14;/h1-8H,13-14H2;1H3. The van der Waals surface area contributed by atoms with E-state index in [-0.39, 0.29) is 6.15 Å². The normalized spacial score (nSPS) is 9.33. The van der Waals surface area contributed by atoms with Crippen LogP contribution in [0.2, 0.25) is 0 Å². The number of benzene rings is 2. The number of rotatable bonds is 1. The zero-order valence-electron chi connectivity index (χ0n) is 8.48. The van der Waals surface area contributed by atoms with Crippen molar-refractivity contribution in [1.82, 2.24) is 6.15 Å². The molecule has 0 heterocycles. The van der Waals surface area contributed by atoms with Crippen LogP contribution < -0.4 is 17.6 Å². The first-order valence-corrected chi connectivity index (χ1v) is 4.48. The Labute approximate surface area is 89.3 Å². The summed E-state index contributed by atoms with van der Waals surface area (Å²) in [5, 5.41) is 0. The molecule has 0 radical (unpaired) electrons. The van der Waals surface area contributed by atoms with Gasteiger partial charge in [-0.1, -0.05) is 30.3 Å². The molecule has 0 aliphatic rings. The average molecular weight is 201 g/mol. The Morgan fingerprint density at radius 2 is 1.53 bits per heavy atom. The maximum absolute atomic E-state index is 5.86. The largest absolute Gasteiger partial charge is 0.399 e. The second-order valence-electron chi connectivity index (χ2n) is 3.21. The molecular weight excluding hydrogens is 186 g/mol. The van der Waals surface area contributed by atoms with Gasteiger partial charge < -0.3 is 17.6 Å². The summed E-state index contributed by atoms with van der Waals surface area (Å²) in [6.45, 7) is 0. The smallest absolute Gasteiger partial charge is 0.0393 e. The van der Waals surface area contributed by atoms with E-state index < -0.39 is 0 Å². The molecule has 3 nitrogen and oxygen atoms in total. The molecule has 15 heavy (non-hydrogen) atoms. The third-order valence-corrected chi connectivity index (χ3v) is 2.16. The summed E-state index contributed by atoms with van der Waals surface area (Å²) in [4.78, 5) is 0. The van der Waals surface area contributed by atoms with Crippen LogP contribution in [0.3, 0.4) is 0 Å². The van der Waals surface area contributed by atoms with E-state index in [1.54, 1.807) is 0 Å². The number of nitrogens with two attached hydrogens (primary N) is 2. The van der Waals surface area contributed by atoms with E-state index in [1.165, 1.54) is 0 Å². The second-order valence-corrected chi connectivity index (χ2v) is 3.21. The summed E-state index contributed by atoms with van der Waals surface area (Å²) >= 11 is 0. The molecule has 7 N–H and O–H groups in total. The van der Waals surface area contributed by atoms with E-state index in [0.29, 0.717) is 0 Å². The lowest BCUT2D eigenvalue weighted by atomic mass is 10.0. The van der Waals surface area contributed by atoms with E-state index in [4.69, 9.17) is 11.5 Å². The molecule has 78 valence electrons. The third-order valence-electron chi connectivity index (χ3n) is 2.16.